The summed E-state index contributed by atoms with van der Waals surface area (Å²) in [5.41, 5.74) is -0.0186. The van der Waals surface area contributed by atoms with Gasteiger partial charge in [0, 0.05) is 29.4 Å². The molecule has 1 aliphatic rings. The van der Waals surface area contributed by atoms with Crippen molar-refractivity contribution < 1.29 is 14.9 Å². The summed E-state index contributed by atoms with van der Waals surface area (Å²) < 4.78 is 5.21. The minimum Gasteiger partial charge on any atom is -0.497 e. The molecule has 28 heavy (non-hydrogen) atoms. The first-order chi connectivity index (χ1) is 13.4. The van der Waals surface area contributed by atoms with Gasteiger partial charge in [-0.15, -0.1) is 0 Å². The second-order valence-corrected chi connectivity index (χ2v) is 7.71. The van der Waals surface area contributed by atoms with Crippen LogP contribution in [-0.2, 0) is 5.60 Å². The van der Waals surface area contributed by atoms with Gasteiger partial charge >= 0.3 is 0 Å². The largest absolute Gasteiger partial charge is 0.497 e. The van der Waals surface area contributed by atoms with Gasteiger partial charge in [0.05, 0.1) is 12.1 Å². The van der Waals surface area contributed by atoms with E-state index >= 15 is 0 Å². The fourth-order valence-corrected chi connectivity index (χ4v) is 4.45. The summed E-state index contributed by atoms with van der Waals surface area (Å²) >= 11 is 12.7. The topological polar surface area (TPSA) is 56.2 Å². The minimum atomic E-state index is -1.67. The summed E-state index contributed by atoms with van der Waals surface area (Å²) in [4.78, 5) is 4.03. The van der Waals surface area contributed by atoms with Crippen molar-refractivity contribution in [2.75, 3.05) is 38.2 Å². The first kappa shape index (κ1) is 21.2. The fourth-order valence-electron chi connectivity index (χ4n) is 3.82. The lowest BCUT2D eigenvalue weighted by Crippen LogP contribution is -2.48. The Hall–Kier alpha value is -1.50. The number of anilines is 1. The van der Waals surface area contributed by atoms with Crippen LogP contribution in [0.15, 0.2) is 36.4 Å². The van der Waals surface area contributed by atoms with E-state index in [-0.39, 0.29) is 0 Å². The van der Waals surface area contributed by atoms with Crippen molar-refractivity contribution in [2.24, 2.45) is 0 Å². The maximum atomic E-state index is 11.7. The van der Waals surface area contributed by atoms with Gasteiger partial charge in [-0.2, -0.15) is 0 Å². The van der Waals surface area contributed by atoms with E-state index in [1.165, 1.54) is 0 Å². The number of ether oxygens (including phenoxy) is 1. The lowest BCUT2D eigenvalue weighted by Gasteiger charge is -2.33. The number of likely N-dealkylation sites (N-methyl/N-ethyl adjacent to an activating group) is 1. The Morgan fingerprint density at radius 2 is 1.79 bits per heavy atom. The van der Waals surface area contributed by atoms with Gasteiger partial charge in [-0.1, -0.05) is 49.2 Å². The minimum absolute atomic E-state index is 0.324. The van der Waals surface area contributed by atoms with Crippen LogP contribution in [0.3, 0.4) is 0 Å². The molecular formula is C21H26Cl2N2O3. The van der Waals surface area contributed by atoms with Crippen molar-refractivity contribution in [3.63, 3.8) is 0 Å². The summed E-state index contributed by atoms with van der Waals surface area (Å²) in [6.45, 7) is 7.29. The van der Waals surface area contributed by atoms with Crippen molar-refractivity contribution in [3.8, 4) is 5.75 Å². The summed E-state index contributed by atoms with van der Waals surface area (Å²) in [6, 6.07) is 10.3. The van der Waals surface area contributed by atoms with Gasteiger partial charge < -0.3 is 24.7 Å². The second-order valence-electron chi connectivity index (χ2n) is 6.87. The molecular weight excluding hydrogens is 399 g/mol. The van der Waals surface area contributed by atoms with Crippen LogP contribution in [0, 0.1) is 0 Å². The molecule has 1 aliphatic heterocycles. The average Bonchev–Trinajstić information content (AvgIpc) is 2.91. The number of aliphatic hydroxyl groups excluding tert-OH is 1. The van der Waals surface area contributed by atoms with Crippen LogP contribution in [0.5, 0.6) is 5.75 Å². The van der Waals surface area contributed by atoms with E-state index in [0.29, 0.717) is 39.2 Å². The number of rotatable bonds is 7. The zero-order chi connectivity index (χ0) is 20.5. The Balaban J connectivity index is 2.07. The van der Waals surface area contributed by atoms with E-state index in [2.05, 4.69) is 18.7 Å². The van der Waals surface area contributed by atoms with E-state index in [1.54, 1.807) is 48.4 Å². The highest BCUT2D eigenvalue weighted by Crippen LogP contribution is 2.51. The lowest BCUT2D eigenvalue weighted by molar-refractivity contribution is -0.0387. The number of hydrogen-bond donors (Lipinski definition) is 2. The number of nitrogens with zero attached hydrogens (tertiary/aromatic N) is 2. The van der Waals surface area contributed by atoms with Crippen LogP contribution < -0.4 is 9.64 Å². The zero-order valence-corrected chi connectivity index (χ0v) is 17.8. The molecule has 0 bridgehead atoms. The molecule has 0 saturated heterocycles. The third kappa shape index (κ3) is 3.58. The van der Waals surface area contributed by atoms with Crippen LogP contribution in [0.25, 0.3) is 0 Å². The second kappa shape index (κ2) is 8.47. The zero-order valence-electron chi connectivity index (χ0n) is 16.3. The Morgan fingerprint density at radius 1 is 1.14 bits per heavy atom. The van der Waals surface area contributed by atoms with Gasteiger partial charge in [-0.3, -0.25) is 0 Å². The molecule has 3 rings (SSSR count). The molecule has 1 heterocycles. The van der Waals surface area contributed by atoms with Crippen LogP contribution >= 0.6 is 23.2 Å². The van der Waals surface area contributed by atoms with Crippen molar-refractivity contribution in [1.82, 2.24) is 4.90 Å². The number of benzene rings is 2. The molecule has 2 atom stereocenters. The molecule has 2 unspecified atom stereocenters. The van der Waals surface area contributed by atoms with Gasteiger partial charge in [0.15, 0.2) is 11.8 Å². The summed E-state index contributed by atoms with van der Waals surface area (Å²) in [7, 11) is 1.58. The molecule has 0 saturated carbocycles. The number of hydrogen-bond acceptors (Lipinski definition) is 5. The van der Waals surface area contributed by atoms with Crippen molar-refractivity contribution in [3.05, 3.63) is 57.6 Å². The van der Waals surface area contributed by atoms with E-state index in [0.717, 1.165) is 19.6 Å². The van der Waals surface area contributed by atoms with Crippen molar-refractivity contribution in [1.29, 1.82) is 0 Å². The molecule has 2 aromatic rings. The summed E-state index contributed by atoms with van der Waals surface area (Å²) in [6.07, 6.45) is -1.19. The first-order valence-electron chi connectivity index (χ1n) is 9.40. The van der Waals surface area contributed by atoms with E-state index in [9.17, 15) is 10.2 Å². The molecule has 7 heteroatoms. The first-order valence-corrected chi connectivity index (χ1v) is 10.2. The lowest BCUT2D eigenvalue weighted by atomic mass is 9.86. The maximum absolute atomic E-state index is 11.7. The molecule has 152 valence electrons. The summed E-state index contributed by atoms with van der Waals surface area (Å²) in [5.74, 6) is 0.667. The highest BCUT2D eigenvalue weighted by atomic mass is 35.5. The molecule has 0 spiro atoms. The van der Waals surface area contributed by atoms with Crippen LogP contribution in [0.1, 0.15) is 25.0 Å². The molecule has 0 aliphatic carbocycles. The Morgan fingerprint density at radius 3 is 2.36 bits per heavy atom. The third-order valence-electron chi connectivity index (χ3n) is 5.48. The maximum Gasteiger partial charge on any atom is 0.164 e. The van der Waals surface area contributed by atoms with Gasteiger partial charge in [0.1, 0.15) is 5.75 Å². The highest BCUT2D eigenvalue weighted by Gasteiger charge is 2.52. The third-order valence-corrected chi connectivity index (χ3v) is 5.99. The average molecular weight is 425 g/mol. The van der Waals surface area contributed by atoms with E-state index < -0.39 is 11.8 Å². The quantitative estimate of drug-likeness (QED) is 0.709. The predicted octanol–water partition coefficient (Wildman–Crippen LogP) is 3.72. The smallest absolute Gasteiger partial charge is 0.164 e. The molecule has 0 fully saturated rings. The summed E-state index contributed by atoms with van der Waals surface area (Å²) in [5, 5.41) is 23.7. The van der Waals surface area contributed by atoms with Crippen LogP contribution in [0.4, 0.5) is 5.69 Å². The van der Waals surface area contributed by atoms with Crippen molar-refractivity contribution >= 4 is 28.9 Å². The molecule has 5 nitrogen and oxygen atoms in total. The number of aliphatic hydroxyl groups is 2. The fraction of sp³-hybridized carbons (Fsp3) is 0.429. The van der Waals surface area contributed by atoms with Gasteiger partial charge in [-0.25, -0.2) is 0 Å². The van der Waals surface area contributed by atoms with Crippen molar-refractivity contribution in [2.45, 2.75) is 25.7 Å². The molecule has 2 aromatic carbocycles. The molecule has 0 aromatic heterocycles. The normalized spacial score (nSPS) is 21.3. The molecule has 0 radical (unpaired) electrons. The number of halogens is 2. The monoisotopic (exact) mass is 424 g/mol. The Bertz CT molecular complexity index is 827. The highest BCUT2D eigenvalue weighted by molar-refractivity contribution is 6.36. The SMILES string of the molecule is CCN(CC)CCN1c2cc(Cl)cc(Cl)c2C(O)(c2ccc(OC)cc2)C1O. The number of fused-ring (bicyclic) bond motifs is 1. The Kier molecular flexibility index (Phi) is 6.42. The van der Waals surface area contributed by atoms with Crippen LogP contribution in [-0.4, -0.2) is 54.6 Å². The van der Waals surface area contributed by atoms with Gasteiger partial charge in [0.2, 0.25) is 0 Å². The predicted molar refractivity (Wildman–Crippen MR) is 114 cm³/mol. The van der Waals surface area contributed by atoms with E-state index in [1.807, 2.05) is 0 Å². The standard InChI is InChI=1S/C21H26Cl2N2O3/c1-4-24(5-2)10-11-25-18-13-15(22)12-17(23)19(18)21(27,20(25)26)14-6-8-16(28-3)9-7-14/h6-9,12-13,20,26-27H,4-5,10-11H2,1-3H3. The number of methoxy groups -OCH3 is 1. The Labute approximate surface area is 176 Å². The van der Waals surface area contributed by atoms with Crippen LogP contribution in [0.2, 0.25) is 10.0 Å². The van der Waals surface area contributed by atoms with E-state index in [4.69, 9.17) is 27.9 Å². The van der Waals surface area contributed by atoms with Gasteiger partial charge in [-0.05, 0) is 42.9 Å². The molecule has 0 amide bonds. The molecule has 2 N–H and O–H groups in total. The van der Waals surface area contributed by atoms with Gasteiger partial charge in [0.25, 0.3) is 0 Å².